The number of nitrogens with one attached hydrogen (secondary N) is 2. The van der Waals surface area contributed by atoms with E-state index in [0.29, 0.717) is 17.8 Å². The fourth-order valence-electron chi connectivity index (χ4n) is 3.29. The van der Waals surface area contributed by atoms with Gasteiger partial charge in [-0.15, -0.1) is 0 Å². The van der Waals surface area contributed by atoms with Gasteiger partial charge in [0, 0.05) is 30.4 Å². The summed E-state index contributed by atoms with van der Waals surface area (Å²) in [5.74, 6) is -0.0636. The lowest BCUT2D eigenvalue weighted by Gasteiger charge is -2.28. The van der Waals surface area contributed by atoms with Crippen molar-refractivity contribution in [2.75, 3.05) is 24.4 Å². The molecule has 1 amide bonds. The van der Waals surface area contributed by atoms with Crippen molar-refractivity contribution in [3.63, 3.8) is 0 Å². The van der Waals surface area contributed by atoms with Crippen LogP contribution in [0, 0.1) is 0 Å². The van der Waals surface area contributed by atoms with Crippen LogP contribution in [0.4, 0.5) is 5.69 Å². The Kier molecular flexibility index (Phi) is 6.13. The van der Waals surface area contributed by atoms with Crippen LogP contribution in [-0.4, -0.2) is 44.9 Å². The second-order valence-corrected chi connectivity index (χ2v) is 8.33. The lowest BCUT2D eigenvalue weighted by Crippen LogP contribution is -2.42. The van der Waals surface area contributed by atoms with Crippen molar-refractivity contribution in [2.45, 2.75) is 30.7 Å². The van der Waals surface area contributed by atoms with E-state index in [1.165, 1.54) is 12.1 Å². The molecule has 27 heavy (non-hydrogen) atoms. The summed E-state index contributed by atoms with van der Waals surface area (Å²) in [5, 5.41) is 3.29. The molecule has 7 heteroatoms. The zero-order valence-electron chi connectivity index (χ0n) is 15.4. The topological polar surface area (TPSA) is 78.5 Å². The first kappa shape index (κ1) is 19.4. The molecule has 1 atom stereocenters. The van der Waals surface area contributed by atoms with E-state index in [9.17, 15) is 13.2 Å². The fourth-order valence-corrected chi connectivity index (χ4v) is 4.36. The van der Waals surface area contributed by atoms with Gasteiger partial charge in [-0.05, 0) is 49.7 Å². The van der Waals surface area contributed by atoms with Gasteiger partial charge in [-0.2, -0.15) is 0 Å². The first-order valence-corrected chi connectivity index (χ1v) is 10.7. The summed E-state index contributed by atoms with van der Waals surface area (Å²) < 4.78 is 27.6. The minimum Gasteiger partial charge on any atom is -0.334 e. The van der Waals surface area contributed by atoms with Gasteiger partial charge in [0.15, 0.2) is 0 Å². The van der Waals surface area contributed by atoms with Crippen molar-refractivity contribution >= 4 is 21.6 Å². The van der Waals surface area contributed by atoms with Gasteiger partial charge in [0.25, 0.3) is 15.9 Å². The Labute approximate surface area is 160 Å². The van der Waals surface area contributed by atoms with Crippen LogP contribution in [0.25, 0.3) is 0 Å². The molecule has 2 N–H and O–H groups in total. The predicted octanol–water partition coefficient (Wildman–Crippen LogP) is 2.70. The van der Waals surface area contributed by atoms with E-state index in [4.69, 9.17) is 0 Å². The van der Waals surface area contributed by atoms with Crippen LogP contribution >= 0.6 is 0 Å². The number of sulfonamides is 1. The molecule has 1 fully saturated rings. The van der Waals surface area contributed by atoms with Gasteiger partial charge in [0.05, 0.1) is 4.90 Å². The molecule has 2 aromatic rings. The van der Waals surface area contributed by atoms with Crippen LogP contribution in [0.1, 0.15) is 30.1 Å². The van der Waals surface area contributed by atoms with Crippen molar-refractivity contribution < 1.29 is 13.2 Å². The first-order valence-electron chi connectivity index (χ1n) is 9.21. The van der Waals surface area contributed by atoms with E-state index < -0.39 is 10.0 Å². The number of carbonyl (C=O) groups excluding carboxylic acids is 1. The Balaban J connectivity index is 1.81. The Bertz CT molecular complexity index is 878. The molecule has 3 rings (SSSR count). The Morgan fingerprint density at radius 2 is 1.96 bits per heavy atom. The Hall–Kier alpha value is -2.38. The van der Waals surface area contributed by atoms with Crippen molar-refractivity contribution in [1.29, 1.82) is 0 Å². The molecule has 1 heterocycles. The summed E-state index contributed by atoms with van der Waals surface area (Å²) in [6.07, 6.45) is 1.81. The molecule has 0 aliphatic carbocycles. The molecule has 0 radical (unpaired) electrons. The van der Waals surface area contributed by atoms with E-state index in [1.54, 1.807) is 42.5 Å². The van der Waals surface area contributed by atoms with Crippen molar-refractivity contribution in [2.24, 2.45) is 0 Å². The normalized spacial score (nSPS) is 16.9. The molecule has 2 aromatic carbocycles. The van der Waals surface area contributed by atoms with Crippen molar-refractivity contribution in [3.05, 3.63) is 60.2 Å². The summed E-state index contributed by atoms with van der Waals surface area (Å²) in [7, 11) is -3.69. The average molecular weight is 388 g/mol. The van der Waals surface area contributed by atoms with Gasteiger partial charge in [-0.25, -0.2) is 8.42 Å². The largest absolute Gasteiger partial charge is 0.334 e. The van der Waals surface area contributed by atoms with E-state index in [1.807, 2.05) is 11.8 Å². The zero-order valence-corrected chi connectivity index (χ0v) is 16.2. The summed E-state index contributed by atoms with van der Waals surface area (Å²) in [6, 6.07) is 15.0. The number of hydrogen-bond acceptors (Lipinski definition) is 4. The van der Waals surface area contributed by atoms with Crippen LogP contribution in [-0.2, 0) is 10.0 Å². The first-order chi connectivity index (χ1) is 13.0. The third-order valence-electron chi connectivity index (χ3n) is 4.62. The van der Waals surface area contributed by atoms with Crippen LogP contribution in [0.3, 0.4) is 0 Å². The number of anilines is 1. The summed E-state index contributed by atoms with van der Waals surface area (Å²) in [5.41, 5.74) is 0.870. The van der Waals surface area contributed by atoms with Gasteiger partial charge < -0.3 is 10.2 Å². The monoisotopic (exact) mass is 387 g/mol. The second kappa shape index (κ2) is 8.54. The SMILES string of the molecule is CCCN(C(=O)c1cccc(NS(=O)(=O)c2ccccc2)c1)C1CCNC1. The standard InChI is InChI=1S/C20H25N3O3S/c1-2-13-23(18-11-12-21-15-18)20(24)16-7-6-8-17(14-16)22-27(25,26)19-9-4-3-5-10-19/h3-10,14,18,21-22H,2,11-13,15H2,1H3. The fraction of sp³-hybridized carbons (Fsp3) is 0.350. The maximum Gasteiger partial charge on any atom is 0.261 e. The molecular formula is C20H25N3O3S. The van der Waals surface area contributed by atoms with E-state index >= 15 is 0 Å². The van der Waals surface area contributed by atoms with Crippen LogP contribution in [0.2, 0.25) is 0 Å². The second-order valence-electron chi connectivity index (χ2n) is 6.64. The van der Waals surface area contributed by atoms with Crippen molar-refractivity contribution in [3.8, 4) is 0 Å². The maximum absolute atomic E-state index is 13.0. The molecular weight excluding hydrogens is 362 g/mol. The van der Waals surface area contributed by atoms with Crippen LogP contribution in [0.15, 0.2) is 59.5 Å². The summed E-state index contributed by atoms with van der Waals surface area (Å²) in [6.45, 7) is 4.44. The molecule has 6 nitrogen and oxygen atoms in total. The minimum atomic E-state index is -3.69. The molecule has 1 aliphatic rings. The van der Waals surface area contributed by atoms with Gasteiger partial charge >= 0.3 is 0 Å². The number of nitrogens with zero attached hydrogens (tertiary/aromatic N) is 1. The molecule has 144 valence electrons. The maximum atomic E-state index is 13.0. The van der Waals surface area contributed by atoms with Gasteiger partial charge in [-0.3, -0.25) is 9.52 Å². The van der Waals surface area contributed by atoms with Crippen LogP contribution < -0.4 is 10.0 Å². The average Bonchev–Trinajstić information content (AvgIpc) is 3.20. The quantitative estimate of drug-likeness (QED) is 0.766. The predicted molar refractivity (Wildman–Crippen MR) is 106 cm³/mol. The van der Waals surface area contributed by atoms with Gasteiger partial charge in [-0.1, -0.05) is 31.2 Å². The molecule has 1 unspecified atom stereocenters. The van der Waals surface area contributed by atoms with Crippen LogP contribution in [0.5, 0.6) is 0 Å². The number of benzene rings is 2. The highest BCUT2D eigenvalue weighted by Crippen LogP contribution is 2.20. The number of hydrogen-bond donors (Lipinski definition) is 2. The number of amides is 1. The third kappa shape index (κ3) is 4.67. The smallest absolute Gasteiger partial charge is 0.261 e. The van der Waals surface area contributed by atoms with Gasteiger partial charge in [0.1, 0.15) is 0 Å². The Morgan fingerprint density at radius 1 is 1.19 bits per heavy atom. The highest BCUT2D eigenvalue weighted by atomic mass is 32.2. The summed E-state index contributed by atoms with van der Waals surface area (Å²) >= 11 is 0. The minimum absolute atomic E-state index is 0.0636. The highest BCUT2D eigenvalue weighted by Gasteiger charge is 2.27. The highest BCUT2D eigenvalue weighted by molar-refractivity contribution is 7.92. The number of rotatable bonds is 7. The lowest BCUT2D eigenvalue weighted by atomic mass is 10.1. The van der Waals surface area contributed by atoms with Crippen molar-refractivity contribution in [1.82, 2.24) is 10.2 Å². The molecule has 1 saturated heterocycles. The molecule has 0 spiro atoms. The Morgan fingerprint density at radius 3 is 2.63 bits per heavy atom. The lowest BCUT2D eigenvalue weighted by molar-refractivity contribution is 0.0692. The molecule has 1 aliphatic heterocycles. The molecule has 0 bridgehead atoms. The third-order valence-corrected chi connectivity index (χ3v) is 6.01. The number of carbonyl (C=O) groups is 1. The molecule has 0 saturated carbocycles. The summed E-state index contributed by atoms with van der Waals surface area (Å²) in [4.78, 5) is 15.1. The van der Waals surface area contributed by atoms with E-state index in [0.717, 1.165) is 25.9 Å². The van der Waals surface area contributed by atoms with Gasteiger partial charge in [0.2, 0.25) is 0 Å². The van der Waals surface area contributed by atoms with E-state index in [-0.39, 0.29) is 16.8 Å². The zero-order chi connectivity index (χ0) is 19.3. The molecule has 0 aromatic heterocycles. The van der Waals surface area contributed by atoms with E-state index in [2.05, 4.69) is 10.0 Å².